The number of thioether (sulfide) groups is 1. The average molecular weight is 436 g/mol. The van der Waals surface area contributed by atoms with E-state index in [9.17, 15) is 19.5 Å². The predicted molar refractivity (Wildman–Crippen MR) is 120 cm³/mol. The number of aliphatic carboxylic acids is 1. The first-order chi connectivity index (χ1) is 14.9. The van der Waals surface area contributed by atoms with E-state index in [1.165, 1.54) is 11.8 Å². The lowest BCUT2D eigenvalue weighted by atomic mass is 10.1. The molecule has 0 unspecified atom stereocenters. The summed E-state index contributed by atoms with van der Waals surface area (Å²) in [5, 5.41) is 12.1. The second kappa shape index (κ2) is 9.82. The molecule has 3 rings (SSSR count). The van der Waals surface area contributed by atoms with E-state index in [1.807, 2.05) is 6.07 Å². The zero-order valence-corrected chi connectivity index (χ0v) is 17.2. The Balaban J connectivity index is 1.63. The third-order valence-electron chi connectivity index (χ3n) is 4.49. The Morgan fingerprint density at radius 1 is 1.26 bits per heavy atom. The van der Waals surface area contributed by atoms with Crippen molar-refractivity contribution in [1.82, 2.24) is 15.3 Å². The van der Waals surface area contributed by atoms with E-state index in [2.05, 4.69) is 21.2 Å². The van der Waals surface area contributed by atoms with Crippen molar-refractivity contribution in [3.8, 4) is 12.3 Å². The first kappa shape index (κ1) is 21.9. The minimum Gasteiger partial charge on any atom is -0.480 e. The van der Waals surface area contributed by atoms with Gasteiger partial charge in [0.05, 0.1) is 10.9 Å². The minimum absolute atomic E-state index is 0.0782. The van der Waals surface area contributed by atoms with Gasteiger partial charge in [-0.3, -0.25) is 14.6 Å². The van der Waals surface area contributed by atoms with Gasteiger partial charge in [0, 0.05) is 22.6 Å². The van der Waals surface area contributed by atoms with Crippen molar-refractivity contribution >= 4 is 40.5 Å². The number of nitrogens with one attached hydrogen (secondary N) is 2. The summed E-state index contributed by atoms with van der Waals surface area (Å²) in [7, 11) is 0. The number of nitrogen functional groups attached to an aromatic ring is 1. The Morgan fingerprint density at radius 2 is 2.00 bits per heavy atom. The number of anilines is 1. The van der Waals surface area contributed by atoms with E-state index in [-0.39, 0.29) is 24.3 Å². The number of H-pyrrole nitrogens is 1. The van der Waals surface area contributed by atoms with Gasteiger partial charge in [0.15, 0.2) is 0 Å². The van der Waals surface area contributed by atoms with Crippen LogP contribution in [0.25, 0.3) is 10.9 Å². The van der Waals surface area contributed by atoms with Crippen LogP contribution in [0.15, 0.2) is 52.2 Å². The molecule has 0 aliphatic carbocycles. The zero-order valence-electron chi connectivity index (χ0n) is 16.4. The summed E-state index contributed by atoms with van der Waals surface area (Å²) in [6.07, 6.45) is 5.59. The van der Waals surface area contributed by atoms with E-state index >= 15 is 0 Å². The molecular formula is C22H20N4O4S. The van der Waals surface area contributed by atoms with E-state index < -0.39 is 17.9 Å². The van der Waals surface area contributed by atoms with Crippen LogP contribution in [0.4, 0.5) is 5.95 Å². The number of carboxylic acid groups (broad SMARTS) is 1. The molecule has 0 spiro atoms. The number of carbonyl (C=O) groups excluding carboxylic acids is 1. The largest absolute Gasteiger partial charge is 0.480 e. The van der Waals surface area contributed by atoms with Gasteiger partial charge in [-0.25, -0.2) is 9.78 Å². The lowest BCUT2D eigenvalue weighted by Gasteiger charge is -2.13. The van der Waals surface area contributed by atoms with Gasteiger partial charge < -0.3 is 16.2 Å². The molecule has 0 saturated carbocycles. The number of fused-ring (bicyclic) bond motifs is 1. The number of hydrogen-bond acceptors (Lipinski definition) is 6. The van der Waals surface area contributed by atoms with Crippen LogP contribution in [-0.2, 0) is 10.5 Å². The van der Waals surface area contributed by atoms with Crippen LogP contribution < -0.4 is 16.6 Å². The minimum atomic E-state index is -1.12. The van der Waals surface area contributed by atoms with Crippen molar-refractivity contribution in [1.29, 1.82) is 0 Å². The third-order valence-corrected chi connectivity index (χ3v) is 5.57. The van der Waals surface area contributed by atoms with Crippen LogP contribution in [-0.4, -0.2) is 33.0 Å². The van der Waals surface area contributed by atoms with E-state index in [4.69, 9.17) is 12.2 Å². The van der Waals surface area contributed by atoms with Crippen molar-refractivity contribution in [2.75, 3.05) is 5.73 Å². The molecule has 0 radical (unpaired) electrons. The number of carbonyl (C=O) groups is 2. The fourth-order valence-corrected chi connectivity index (χ4v) is 3.73. The monoisotopic (exact) mass is 436 g/mol. The maximum atomic E-state index is 12.3. The molecule has 0 saturated heterocycles. The van der Waals surface area contributed by atoms with Gasteiger partial charge in [0.1, 0.15) is 6.04 Å². The van der Waals surface area contributed by atoms with Gasteiger partial charge in [0.2, 0.25) is 5.95 Å². The second-order valence-corrected chi connectivity index (χ2v) is 7.77. The van der Waals surface area contributed by atoms with Crippen LogP contribution in [0.3, 0.4) is 0 Å². The van der Waals surface area contributed by atoms with Gasteiger partial charge >= 0.3 is 5.97 Å². The molecule has 5 N–H and O–H groups in total. The molecule has 158 valence electrons. The number of hydrogen-bond donors (Lipinski definition) is 4. The molecule has 1 heterocycles. The normalized spacial score (nSPS) is 11.6. The van der Waals surface area contributed by atoms with Crippen LogP contribution in [0.2, 0.25) is 0 Å². The maximum absolute atomic E-state index is 12.3. The standard InChI is InChI=1S/C22H20N4O4S/c1-2-3-4-18(21(29)30)24-19(27)14-6-8-15(9-7-14)31-12-13-5-10-17-16(11-13)20(28)26-22(23)25-17/h1,5-11,18H,3-4,12H2,(H,24,27)(H,29,30)(H3,23,25,26,28)/t18-/m0/s1. The molecule has 1 amide bonds. The molecule has 8 nitrogen and oxygen atoms in total. The predicted octanol–water partition coefficient (Wildman–Crippen LogP) is 2.39. The van der Waals surface area contributed by atoms with Crippen molar-refractivity contribution in [2.45, 2.75) is 29.5 Å². The maximum Gasteiger partial charge on any atom is 0.326 e. The van der Waals surface area contributed by atoms with Crippen molar-refractivity contribution < 1.29 is 14.7 Å². The first-order valence-electron chi connectivity index (χ1n) is 9.36. The number of carboxylic acids is 1. The molecular weight excluding hydrogens is 416 g/mol. The first-order valence-corrected chi connectivity index (χ1v) is 10.3. The summed E-state index contributed by atoms with van der Waals surface area (Å²) in [6.45, 7) is 0. The fraction of sp³-hybridized carbons (Fsp3) is 0.182. The third kappa shape index (κ3) is 5.65. The van der Waals surface area contributed by atoms with E-state index in [0.717, 1.165) is 10.5 Å². The summed E-state index contributed by atoms with van der Waals surface area (Å²) < 4.78 is 0. The van der Waals surface area contributed by atoms with Gasteiger partial charge in [-0.05, 0) is 48.4 Å². The lowest BCUT2D eigenvalue weighted by Crippen LogP contribution is -2.40. The van der Waals surface area contributed by atoms with Crippen molar-refractivity contribution in [3.63, 3.8) is 0 Å². The molecule has 0 fully saturated rings. The fourth-order valence-electron chi connectivity index (χ4n) is 2.89. The quantitative estimate of drug-likeness (QED) is 0.314. The SMILES string of the molecule is C#CCC[C@H](NC(=O)c1ccc(SCc2ccc3nc(N)[nH]c(=O)c3c2)cc1)C(=O)O. The Kier molecular flexibility index (Phi) is 6.95. The van der Waals surface area contributed by atoms with E-state index in [0.29, 0.717) is 22.2 Å². The molecule has 1 atom stereocenters. The molecule has 3 aromatic rings. The molecule has 0 bridgehead atoms. The van der Waals surface area contributed by atoms with Crippen molar-refractivity contribution in [2.24, 2.45) is 0 Å². The molecule has 31 heavy (non-hydrogen) atoms. The number of terminal acetylenes is 1. The second-order valence-electron chi connectivity index (χ2n) is 6.72. The number of aromatic amines is 1. The van der Waals surface area contributed by atoms with Crippen LogP contribution in [0, 0.1) is 12.3 Å². The molecule has 9 heteroatoms. The highest BCUT2D eigenvalue weighted by Gasteiger charge is 2.19. The lowest BCUT2D eigenvalue weighted by molar-refractivity contribution is -0.139. The number of rotatable bonds is 8. The Morgan fingerprint density at radius 3 is 2.68 bits per heavy atom. The van der Waals surface area contributed by atoms with Crippen molar-refractivity contribution in [3.05, 3.63) is 63.9 Å². The highest BCUT2D eigenvalue weighted by molar-refractivity contribution is 7.98. The van der Waals surface area contributed by atoms with Gasteiger partial charge in [0.25, 0.3) is 11.5 Å². The Hall–Kier alpha value is -3.77. The number of amides is 1. The topological polar surface area (TPSA) is 138 Å². The molecule has 2 aromatic carbocycles. The Bertz CT molecular complexity index is 1210. The summed E-state index contributed by atoms with van der Waals surface area (Å²) >= 11 is 1.54. The summed E-state index contributed by atoms with van der Waals surface area (Å²) in [6, 6.07) is 11.2. The van der Waals surface area contributed by atoms with Gasteiger partial charge in [-0.2, -0.15) is 0 Å². The average Bonchev–Trinajstić information content (AvgIpc) is 2.75. The highest BCUT2D eigenvalue weighted by atomic mass is 32.2. The van der Waals surface area contributed by atoms with Gasteiger partial charge in [-0.1, -0.05) is 6.07 Å². The van der Waals surface area contributed by atoms with Crippen LogP contribution >= 0.6 is 11.8 Å². The summed E-state index contributed by atoms with van der Waals surface area (Å²) in [4.78, 5) is 43.1. The Labute approximate surface area is 182 Å². The molecule has 0 aliphatic heterocycles. The number of aromatic nitrogens is 2. The molecule has 0 aliphatic rings. The number of nitrogens with zero attached hydrogens (tertiary/aromatic N) is 1. The van der Waals surface area contributed by atoms with Crippen LogP contribution in [0.5, 0.6) is 0 Å². The summed E-state index contributed by atoms with van der Waals surface area (Å²) in [5.41, 5.74) is 7.10. The molecule has 1 aromatic heterocycles. The van der Waals surface area contributed by atoms with E-state index in [1.54, 1.807) is 36.4 Å². The van der Waals surface area contributed by atoms with Gasteiger partial charge in [-0.15, -0.1) is 24.1 Å². The number of nitrogens with two attached hydrogens (primary N) is 1. The number of benzene rings is 2. The smallest absolute Gasteiger partial charge is 0.326 e. The van der Waals surface area contributed by atoms with Crippen LogP contribution in [0.1, 0.15) is 28.8 Å². The highest BCUT2D eigenvalue weighted by Crippen LogP contribution is 2.24. The zero-order chi connectivity index (χ0) is 22.4. The summed E-state index contributed by atoms with van der Waals surface area (Å²) in [5.74, 6) is 1.47.